The Labute approximate surface area is 113 Å². The summed E-state index contributed by atoms with van der Waals surface area (Å²) in [7, 11) is -4.02. The van der Waals surface area contributed by atoms with E-state index in [1.165, 1.54) is 6.42 Å². The molecular formula is C12H23NO5P+. The Morgan fingerprint density at radius 1 is 1.32 bits per heavy atom. The number of nitrogens with zero attached hydrogens (tertiary/aromatic N) is 1. The van der Waals surface area contributed by atoms with Crippen molar-refractivity contribution in [1.82, 2.24) is 0 Å². The highest BCUT2D eigenvalue weighted by Crippen LogP contribution is 2.51. The van der Waals surface area contributed by atoms with Gasteiger partial charge in [0.25, 0.3) is 7.94 Å². The van der Waals surface area contributed by atoms with Crippen LogP contribution in [0.2, 0.25) is 0 Å². The van der Waals surface area contributed by atoms with E-state index in [9.17, 15) is 19.5 Å². The summed E-state index contributed by atoms with van der Waals surface area (Å²) in [5.74, 6) is -0.194. The largest absolute Gasteiger partial charge is 0.627 e. The lowest BCUT2D eigenvalue weighted by molar-refractivity contribution is -0.935. The van der Waals surface area contributed by atoms with Gasteiger partial charge in [0.15, 0.2) is 0 Å². The summed E-state index contributed by atoms with van der Waals surface area (Å²) < 4.78 is 0.522. The van der Waals surface area contributed by atoms with Gasteiger partial charge < -0.3 is 10.00 Å². The van der Waals surface area contributed by atoms with E-state index in [1.807, 2.05) is 0 Å². The summed E-state index contributed by atoms with van der Waals surface area (Å²) in [6.07, 6.45) is 4.72. The van der Waals surface area contributed by atoms with Gasteiger partial charge in [0.1, 0.15) is 0 Å². The van der Waals surface area contributed by atoms with E-state index >= 15 is 0 Å². The maximum Gasteiger partial charge on any atom is 0.303 e. The van der Waals surface area contributed by atoms with Crippen LogP contribution >= 0.6 is 7.94 Å². The van der Waals surface area contributed by atoms with Crippen molar-refractivity contribution in [1.29, 1.82) is 0 Å². The summed E-state index contributed by atoms with van der Waals surface area (Å²) in [5, 5.41) is 8.63. The first-order valence-corrected chi connectivity index (χ1v) is 8.73. The van der Waals surface area contributed by atoms with Gasteiger partial charge in [-0.05, 0) is 19.3 Å². The zero-order valence-electron chi connectivity index (χ0n) is 11.1. The Balaban J connectivity index is 1.94. The topological polar surface area (TPSA) is 101 Å². The van der Waals surface area contributed by atoms with Gasteiger partial charge in [-0.25, -0.2) is 9.79 Å². The Kier molecular flexibility index (Phi) is 4.48. The molecule has 1 heterocycles. The minimum absolute atomic E-state index is 0.0682. The van der Waals surface area contributed by atoms with Gasteiger partial charge in [-0.3, -0.25) is 9.28 Å². The first-order chi connectivity index (χ1) is 8.81. The van der Waals surface area contributed by atoms with Crippen molar-refractivity contribution in [2.75, 3.05) is 19.4 Å². The number of hydrogen-bond donors (Lipinski definition) is 3. The highest BCUT2D eigenvalue weighted by Gasteiger charge is 2.54. The molecule has 0 spiro atoms. The first-order valence-electron chi connectivity index (χ1n) is 6.93. The molecule has 1 aliphatic carbocycles. The Morgan fingerprint density at radius 2 is 2.05 bits per heavy atom. The van der Waals surface area contributed by atoms with Crippen molar-refractivity contribution >= 4 is 13.9 Å². The summed E-state index contributed by atoms with van der Waals surface area (Å²) in [5.41, 5.74) is 0. The molecule has 2 fully saturated rings. The van der Waals surface area contributed by atoms with Crippen LogP contribution < -0.4 is 4.89 Å². The zero-order chi connectivity index (χ0) is 14.1. The van der Waals surface area contributed by atoms with Crippen LogP contribution in [0.3, 0.4) is 0 Å². The van der Waals surface area contributed by atoms with Crippen LogP contribution in [0, 0.1) is 5.92 Å². The normalized spacial score (nSPS) is 33.8. The van der Waals surface area contributed by atoms with E-state index < -0.39 is 13.9 Å². The van der Waals surface area contributed by atoms with Crippen LogP contribution in [0.1, 0.15) is 38.5 Å². The van der Waals surface area contributed by atoms with Gasteiger partial charge in [0.05, 0.1) is 19.1 Å². The lowest BCUT2D eigenvalue weighted by Crippen LogP contribution is -2.55. The lowest BCUT2D eigenvalue weighted by Gasteiger charge is -2.42. The van der Waals surface area contributed by atoms with E-state index in [4.69, 9.17) is 5.11 Å². The quantitative estimate of drug-likeness (QED) is 0.356. The summed E-state index contributed by atoms with van der Waals surface area (Å²) in [4.78, 5) is 40.5. The third-order valence-electron chi connectivity index (χ3n) is 4.62. The van der Waals surface area contributed by atoms with Gasteiger partial charge >= 0.3 is 5.97 Å². The molecule has 7 heteroatoms. The zero-order valence-corrected chi connectivity index (χ0v) is 12.0. The third-order valence-corrected chi connectivity index (χ3v) is 5.55. The van der Waals surface area contributed by atoms with Gasteiger partial charge in [0.2, 0.25) is 6.29 Å². The third kappa shape index (κ3) is 3.86. The smallest absolute Gasteiger partial charge is 0.303 e. The Morgan fingerprint density at radius 3 is 2.53 bits per heavy atom. The summed E-state index contributed by atoms with van der Waals surface area (Å²) in [6, 6.07) is 0.377. The molecular weight excluding hydrogens is 269 g/mol. The highest BCUT2D eigenvalue weighted by molar-refractivity contribution is 7.56. The Bertz CT molecular complexity index is 346. The minimum atomic E-state index is -4.02. The average Bonchev–Trinajstić information content (AvgIpc) is 2.82. The van der Waals surface area contributed by atoms with Crippen molar-refractivity contribution in [3.8, 4) is 0 Å². The number of rotatable bonds is 7. The molecule has 6 nitrogen and oxygen atoms in total. The van der Waals surface area contributed by atoms with Crippen LogP contribution in [0.15, 0.2) is 0 Å². The molecule has 1 saturated heterocycles. The molecule has 110 valence electrons. The molecule has 2 aliphatic rings. The molecule has 1 saturated carbocycles. The summed E-state index contributed by atoms with van der Waals surface area (Å²) >= 11 is 0. The van der Waals surface area contributed by atoms with Crippen molar-refractivity contribution in [2.24, 2.45) is 5.92 Å². The fourth-order valence-electron chi connectivity index (χ4n) is 3.96. The predicted molar refractivity (Wildman–Crippen MR) is 68.8 cm³/mol. The molecule has 3 atom stereocenters. The van der Waals surface area contributed by atoms with E-state index in [0.29, 0.717) is 29.4 Å². The molecule has 0 aromatic heterocycles. The average molecular weight is 292 g/mol. The molecule has 2 bridgehead atoms. The number of fused-ring (bicyclic) bond motifs is 2. The maximum absolute atomic E-state index is 11.4. The van der Waals surface area contributed by atoms with Crippen molar-refractivity contribution in [3.63, 3.8) is 0 Å². The molecule has 3 N–H and O–H groups in total. The number of likely N-dealkylation sites (tertiary alicyclic amines) is 1. The van der Waals surface area contributed by atoms with Gasteiger partial charge in [-0.2, -0.15) is 0 Å². The van der Waals surface area contributed by atoms with E-state index in [0.717, 1.165) is 25.8 Å². The molecule has 0 amide bonds. The van der Waals surface area contributed by atoms with E-state index in [1.54, 1.807) is 0 Å². The second-order valence-corrected chi connectivity index (χ2v) is 7.73. The number of unbranched alkanes of at least 4 members (excludes halogenated alkanes) is 1. The molecule has 0 aromatic carbocycles. The van der Waals surface area contributed by atoms with Gasteiger partial charge in [-0.15, -0.1) is 0 Å². The minimum Gasteiger partial charge on any atom is -0.627 e. The molecule has 19 heavy (non-hydrogen) atoms. The fourth-order valence-corrected chi connectivity index (χ4v) is 5.18. The van der Waals surface area contributed by atoms with Gasteiger partial charge in [0, 0.05) is 25.2 Å². The second-order valence-electron chi connectivity index (χ2n) is 6.11. The monoisotopic (exact) mass is 292 g/mol. The molecule has 3 unspecified atom stereocenters. The van der Waals surface area contributed by atoms with Crippen LogP contribution in [0.4, 0.5) is 0 Å². The number of quaternary nitrogens is 1. The van der Waals surface area contributed by atoms with Crippen molar-refractivity contribution < 1.29 is 29.1 Å². The number of piperidine rings is 1. The number of carboxylic acid groups (broad SMARTS) is 1. The van der Waals surface area contributed by atoms with Crippen molar-refractivity contribution in [2.45, 2.75) is 44.6 Å². The van der Waals surface area contributed by atoms with Crippen LogP contribution in [0.5, 0.6) is 0 Å². The Hall–Kier alpha value is -0.260. The molecule has 1 aliphatic heterocycles. The molecule has 0 radical (unpaired) electrons. The first kappa shape index (κ1) is 15.1. The second kappa shape index (κ2) is 5.62. The highest BCUT2D eigenvalue weighted by atomic mass is 31.2. The number of carboxylic acids is 1. The summed E-state index contributed by atoms with van der Waals surface area (Å²) in [6.45, 7) is 1.57. The van der Waals surface area contributed by atoms with Crippen LogP contribution in [-0.2, 0) is 4.79 Å². The SMILES string of the molecule is O=C(O)CCCC[N+]1(C[P+]([O-])(O)O)CC2CCC1C2. The number of aliphatic carboxylic acids is 1. The predicted octanol–water partition coefficient (Wildman–Crippen LogP) is 0.305. The van der Waals surface area contributed by atoms with Crippen LogP contribution in [0.25, 0.3) is 0 Å². The lowest BCUT2D eigenvalue weighted by atomic mass is 10.1. The molecule has 2 rings (SSSR count). The standard InChI is InChI=1S/C12H22NO5P/c14-12(15)3-1-2-6-13(9-19(16,17)18)8-10-4-5-11(13)7-10/h10-11H,1-9H2,(H2-,14,15,16,17,18)/p+1. The number of carbonyl (C=O) groups is 1. The number of hydrogen-bond acceptors (Lipinski definition) is 4. The van der Waals surface area contributed by atoms with E-state index in [2.05, 4.69) is 0 Å². The van der Waals surface area contributed by atoms with E-state index in [-0.39, 0.29) is 12.7 Å². The fraction of sp³-hybridized carbons (Fsp3) is 0.917. The van der Waals surface area contributed by atoms with Gasteiger partial charge in [-0.1, -0.05) is 0 Å². The maximum atomic E-state index is 11.4. The van der Waals surface area contributed by atoms with Crippen molar-refractivity contribution in [3.05, 3.63) is 0 Å². The van der Waals surface area contributed by atoms with Crippen LogP contribution in [-0.4, -0.2) is 50.8 Å². The molecule has 0 aromatic rings.